The van der Waals surface area contributed by atoms with E-state index in [-0.39, 0.29) is 20.4 Å². The van der Waals surface area contributed by atoms with Crippen molar-refractivity contribution in [2.45, 2.75) is 26.2 Å². The Morgan fingerprint density at radius 1 is 1.53 bits per heavy atom. The van der Waals surface area contributed by atoms with E-state index in [4.69, 9.17) is 4.74 Å². The predicted molar refractivity (Wildman–Crippen MR) is 55.8 cm³/mol. The van der Waals surface area contributed by atoms with E-state index in [9.17, 15) is 5.11 Å². The number of aliphatic hydroxyl groups is 1. The predicted octanol–water partition coefficient (Wildman–Crippen LogP) is 1.99. The summed E-state index contributed by atoms with van der Waals surface area (Å²) >= 11 is 0. The van der Waals surface area contributed by atoms with Crippen molar-refractivity contribution in [1.29, 1.82) is 0 Å². The van der Waals surface area contributed by atoms with E-state index in [0.717, 1.165) is 18.5 Å². The maximum atomic E-state index is 9.38. The zero-order valence-electron chi connectivity index (χ0n) is 8.68. The molecule has 4 heteroatoms. The molecule has 0 spiro atoms. The summed E-state index contributed by atoms with van der Waals surface area (Å²) in [7, 11) is 0. The Bertz CT molecular complexity index is 244. The monoisotopic (exact) mass is 300 g/mol. The van der Waals surface area contributed by atoms with Crippen LogP contribution in [-0.2, 0) is 25.2 Å². The van der Waals surface area contributed by atoms with E-state index in [1.807, 2.05) is 18.2 Å². The van der Waals surface area contributed by atoms with Crippen LogP contribution in [-0.4, -0.2) is 18.1 Å². The van der Waals surface area contributed by atoms with Gasteiger partial charge in [-0.15, -0.1) is 6.07 Å². The third-order valence-electron chi connectivity index (χ3n) is 1.76. The van der Waals surface area contributed by atoms with Gasteiger partial charge in [-0.1, -0.05) is 19.0 Å². The number of unbranched alkanes of at least 4 members (excludes halogenated alkanes) is 1. The molecule has 0 saturated heterocycles. The number of aliphatic hydroxyl groups excluding tert-OH is 1. The van der Waals surface area contributed by atoms with Gasteiger partial charge in [-0.05, 0) is 6.42 Å². The smallest absolute Gasteiger partial charge is 0.233 e. The normalized spacial score (nSPS) is 11.6. The largest absolute Gasteiger partial charge is 0.360 e. The Morgan fingerprint density at radius 2 is 2.33 bits per heavy atom. The van der Waals surface area contributed by atoms with Crippen molar-refractivity contribution in [2.24, 2.45) is 0 Å². The van der Waals surface area contributed by atoms with Crippen molar-refractivity contribution in [3.05, 3.63) is 30.3 Å². The zero-order chi connectivity index (χ0) is 10.2. The second-order valence-corrected chi connectivity index (χ2v) is 3.00. The second-order valence-electron chi connectivity index (χ2n) is 3.00. The molecular weight excluding hydrogens is 285 g/mol. The van der Waals surface area contributed by atoms with Gasteiger partial charge in [0.15, 0.2) is 0 Å². The summed E-state index contributed by atoms with van der Waals surface area (Å²) in [6, 6.07) is 10.3. The van der Waals surface area contributed by atoms with Crippen molar-refractivity contribution in [3.8, 4) is 0 Å². The first-order chi connectivity index (χ1) is 6.83. The van der Waals surface area contributed by atoms with E-state index in [1.54, 1.807) is 6.07 Å². The van der Waals surface area contributed by atoms with E-state index in [1.165, 1.54) is 0 Å². The van der Waals surface area contributed by atoms with Crippen LogP contribution in [0.1, 0.15) is 19.8 Å². The maximum Gasteiger partial charge on any atom is 0.233 e. The van der Waals surface area contributed by atoms with Crippen LogP contribution in [0.4, 0.5) is 5.69 Å². The summed E-state index contributed by atoms with van der Waals surface area (Å²) < 4.78 is 5.11. The van der Waals surface area contributed by atoms with Crippen LogP contribution in [0.3, 0.4) is 0 Å². The van der Waals surface area contributed by atoms with Gasteiger partial charge in [0.1, 0.15) is 0 Å². The third kappa shape index (κ3) is 6.64. The maximum absolute atomic E-state index is 9.38. The molecule has 1 aromatic carbocycles. The molecule has 88 valence electrons. The number of hydrogen-bond donors (Lipinski definition) is 2. The number of rotatable bonds is 6. The van der Waals surface area contributed by atoms with Gasteiger partial charge >= 0.3 is 0 Å². The molecule has 0 saturated carbocycles. The number of para-hydroxylation sites is 1. The SMILES string of the molecule is CCCCOC(O)Nc1[c-]cccc1.[Pd]. The number of ether oxygens (including phenoxy) is 1. The van der Waals surface area contributed by atoms with Crippen LogP contribution >= 0.6 is 0 Å². The van der Waals surface area contributed by atoms with Gasteiger partial charge in [0, 0.05) is 20.4 Å². The molecule has 0 aliphatic rings. The fraction of sp³-hybridized carbons (Fsp3) is 0.455. The van der Waals surface area contributed by atoms with Crippen LogP contribution < -0.4 is 5.32 Å². The molecule has 1 atom stereocenters. The number of hydrogen-bond acceptors (Lipinski definition) is 3. The van der Waals surface area contributed by atoms with Crippen molar-refractivity contribution in [1.82, 2.24) is 0 Å². The van der Waals surface area contributed by atoms with Gasteiger partial charge in [0.2, 0.25) is 6.41 Å². The fourth-order valence-electron chi connectivity index (χ4n) is 0.997. The van der Waals surface area contributed by atoms with E-state index in [0.29, 0.717) is 6.61 Å². The quantitative estimate of drug-likeness (QED) is 0.365. The molecule has 0 radical (unpaired) electrons. The van der Waals surface area contributed by atoms with Gasteiger partial charge < -0.3 is 15.2 Å². The molecule has 0 heterocycles. The number of nitrogens with one attached hydrogen (secondary N) is 1. The van der Waals surface area contributed by atoms with Gasteiger partial charge in [0.25, 0.3) is 0 Å². The molecule has 3 nitrogen and oxygen atoms in total. The fourth-order valence-corrected chi connectivity index (χ4v) is 0.997. The first kappa shape index (κ1) is 14.6. The number of anilines is 1. The molecule has 0 aliphatic heterocycles. The Balaban J connectivity index is 0.00000196. The Hall–Kier alpha value is -0.398. The molecule has 1 rings (SSSR count). The van der Waals surface area contributed by atoms with Gasteiger partial charge in [0.05, 0.1) is 6.61 Å². The molecule has 0 aliphatic carbocycles. The van der Waals surface area contributed by atoms with Gasteiger partial charge in [-0.3, -0.25) is 0 Å². The van der Waals surface area contributed by atoms with E-state index in [2.05, 4.69) is 18.3 Å². The summed E-state index contributed by atoms with van der Waals surface area (Å²) in [5.74, 6) is 0. The molecule has 0 amide bonds. The van der Waals surface area contributed by atoms with Gasteiger partial charge in [-0.2, -0.15) is 24.3 Å². The van der Waals surface area contributed by atoms with Crippen LogP contribution in [0.5, 0.6) is 0 Å². The molecule has 2 N–H and O–H groups in total. The van der Waals surface area contributed by atoms with Crippen LogP contribution in [0.25, 0.3) is 0 Å². The topological polar surface area (TPSA) is 41.5 Å². The second kappa shape index (κ2) is 8.87. The minimum Gasteiger partial charge on any atom is -0.360 e. The van der Waals surface area contributed by atoms with Crippen molar-refractivity contribution >= 4 is 5.69 Å². The molecule has 1 aromatic rings. The number of benzene rings is 1. The summed E-state index contributed by atoms with van der Waals surface area (Å²) in [5, 5.41) is 12.2. The molecule has 0 aromatic heterocycles. The molecule has 0 fully saturated rings. The van der Waals surface area contributed by atoms with Crippen LogP contribution in [0.15, 0.2) is 24.3 Å². The average molecular weight is 301 g/mol. The van der Waals surface area contributed by atoms with Crippen molar-refractivity contribution in [3.63, 3.8) is 0 Å². The zero-order valence-corrected chi connectivity index (χ0v) is 10.2. The molecular formula is C11H16NO2Pd-. The third-order valence-corrected chi connectivity index (χ3v) is 1.76. The molecule has 1 unspecified atom stereocenters. The first-order valence-electron chi connectivity index (χ1n) is 4.86. The molecule has 15 heavy (non-hydrogen) atoms. The summed E-state index contributed by atoms with van der Waals surface area (Å²) in [5.41, 5.74) is 0.733. The van der Waals surface area contributed by atoms with E-state index < -0.39 is 6.41 Å². The summed E-state index contributed by atoms with van der Waals surface area (Å²) in [6.45, 7) is 2.64. The standard InChI is InChI=1S/C11H16NO2.Pd/c1-2-3-9-14-11(13)12-10-7-5-4-6-8-10;/h4-7,11-13H,2-3,9H2,1H3;/q-1;. The summed E-state index contributed by atoms with van der Waals surface area (Å²) in [4.78, 5) is 0. The minimum atomic E-state index is -0.944. The Morgan fingerprint density at radius 3 is 2.93 bits per heavy atom. The Labute approximate surface area is 104 Å². The average Bonchev–Trinajstić information content (AvgIpc) is 2.20. The Kier molecular flexibility index (Phi) is 8.64. The van der Waals surface area contributed by atoms with Crippen molar-refractivity contribution < 1.29 is 30.3 Å². The summed E-state index contributed by atoms with van der Waals surface area (Å²) in [6.07, 6.45) is 1.07. The van der Waals surface area contributed by atoms with Crippen molar-refractivity contribution in [2.75, 3.05) is 11.9 Å². The van der Waals surface area contributed by atoms with Gasteiger partial charge in [-0.25, -0.2) is 0 Å². The van der Waals surface area contributed by atoms with Crippen LogP contribution in [0.2, 0.25) is 0 Å². The minimum absolute atomic E-state index is 0. The van der Waals surface area contributed by atoms with Crippen LogP contribution in [0, 0.1) is 6.07 Å². The molecule has 0 bridgehead atoms. The first-order valence-corrected chi connectivity index (χ1v) is 4.86. The van der Waals surface area contributed by atoms with E-state index >= 15 is 0 Å².